The second kappa shape index (κ2) is 7.25. The number of hydrogen-bond donors (Lipinski definition) is 0. The van der Waals surface area contributed by atoms with Crippen molar-refractivity contribution >= 4 is 39.2 Å². The third-order valence-corrected chi connectivity index (χ3v) is 6.31. The number of fused-ring (bicyclic) bond motifs is 1. The first-order chi connectivity index (χ1) is 12.6. The number of likely N-dealkylation sites (tertiary alicyclic amines) is 1. The molecule has 0 radical (unpaired) electrons. The Labute approximate surface area is 159 Å². The molecule has 4 rings (SSSR count). The van der Waals surface area contributed by atoms with E-state index >= 15 is 0 Å². The van der Waals surface area contributed by atoms with Crippen molar-refractivity contribution in [3.8, 4) is 5.69 Å². The first kappa shape index (κ1) is 17.3. The summed E-state index contributed by atoms with van der Waals surface area (Å²) in [6, 6.07) is 9.65. The number of carbonyl (C=O) groups excluding carboxylic acids is 1. The maximum Gasteiger partial charge on any atom is 0.276 e. The highest BCUT2D eigenvalue weighted by molar-refractivity contribution is 7.99. The van der Waals surface area contributed by atoms with Crippen LogP contribution in [0.15, 0.2) is 45.7 Å². The normalized spacial score (nSPS) is 14.3. The molecule has 1 aliphatic rings. The van der Waals surface area contributed by atoms with Gasteiger partial charge in [-0.15, -0.1) is 11.3 Å². The van der Waals surface area contributed by atoms with Gasteiger partial charge in [-0.05, 0) is 48.9 Å². The summed E-state index contributed by atoms with van der Waals surface area (Å²) in [5.41, 5.74) is 2.48. The van der Waals surface area contributed by atoms with Crippen molar-refractivity contribution in [3.05, 3.63) is 51.6 Å². The van der Waals surface area contributed by atoms with Gasteiger partial charge in [-0.25, -0.2) is 4.98 Å². The van der Waals surface area contributed by atoms with Crippen LogP contribution in [0.4, 0.5) is 0 Å². The van der Waals surface area contributed by atoms with Crippen LogP contribution < -0.4 is 5.56 Å². The molecule has 0 aliphatic carbocycles. The van der Waals surface area contributed by atoms with Gasteiger partial charge in [0, 0.05) is 13.1 Å². The van der Waals surface area contributed by atoms with Crippen LogP contribution in [0, 0.1) is 6.92 Å². The highest BCUT2D eigenvalue weighted by Crippen LogP contribution is 2.24. The monoisotopic (exact) mass is 385 g/mol. The molecule has 1 amide bonds. The number of thiophene rings is 1. The van der Waals surface area contributed by atoms with Gasteiger partial charge in [0.25, 0.3) is 5.56 Å². The molecule has 26 heavy (non-hydrogen) atoms. The van der Waals surface area contributed by atoms with Gasteiger partial charge >= 0.3 is 0 Å². The summed E-state index contributed by atoms with van der Waals surface area (Å²) in [6.07, 6.45) is 2.15. The molecule has 3 aromatic rings. The minimum Gasteiger partial charge on any atom is -0.342 e. The third kappa shape index (κ3) is 3.29. The minimum atomic E-state index is -0.0771. The molecular weight excluding hydrogens is 366 g/mol. The van der Waals surface area contributed by atoms with E-state index in [-0.39, 0.29) is 11.5 Å². The van der Waals surface area contributed by atoms with E-state index in [1.165, 1.54) is 23.1 Å². The lowest BCUT2D eigenvalue weighted by Crippen LogP contribution is -2.29. The SMILES string of the molecule is Cc1cccc(-n2c(SCC(=O)N3CCCC3)nc3ccsc3c2=O)c1. The van der Waals surface area contributed by atoms with Crippen LogP contribution in [0.3, 0.4) is 0 Å². The summed E-state index contributed by atoms with van der Waals surface area (Å²) in [6.45, 7) is 3.66. The van der Waals surface area contributed by atoms with E-state index in [2.05, 4.69) is 4.98 Å². The first-order valence-corrected chi connectivity index (χ1v) is 10.5. The van der Waals surface area contributed by atoms with Crippen molar-refractivity contribution in [2.45, 2.75) is 24.9 Å². The Morgan fingerprint density at radius 1 is 1.27 bits per heavy atom. The fourth-order valence-electron chi connectivity index (χ4n) is 3.17. The number of rotatable bonds is 4. The van der Waals surface area contributed by atoms with Crippen molar-refractivity contribution in [2.24, 2.45) is 0 Å². The zero-order chi connectivity index (χ0) is 18.1. The van der Waals surface area contributed by atoms with E-state index in [0.717, 1.165) is 37.2 Å². The fourth-order valence-corrected chi connectivity index (χ4v) is 4.84. The summed E-state index contributed by atoms with van der Waals surface area (Å²) in [5.74, 6) is 0.413. The highest BCUT2D eigenvalue weighted by atomic mass is 32.2. The maximum atomic E-state index is 13.0. The molecule has 3 heterocycles. The number of hydrogen-bond acceptors (Lipinski definition) is 5. The maximum absolute atomic E-state index is 13.0. The van der Waals surface area contributed by atoms with Crippen LogP contribution in [0.5, 0.6) is 0 Å². The molecule has 134 valence electrons. The number of aryl methyl sites for hydroxylation is 1. The largest absolute Gasteiger partial charge is 0.342 e. The third-order valence-electron chi connectivity index (χ3n) is 4.49. The lowest BCUT2D eigenvalue weighted by Gasteiger charge is -2.16. The average Bonchev–Trinajstić information content (AvgIpc) is 3.31. The molecule has 0 bridgehead atoms. The summed E-state index contributed by atoms with van der Waals surface area (Å²) in [5, 5.41) is 2.45. The zero-order valence-corrected chi connectivity index (χ0v) is 16.1. The molecule has 1 fully saturated rings. The average molecular weight is 386 g/mol. The van der Waals surface area contributed by atoms with E-state index in [4.69, 9.17) is 0 Å². The lowest BCUT2D eigenvalue weighted by molar-refractivity contribution is -0.127. The smallest absolute Gasteiger partial charge is 0.276 e. The van der Waals surface area contributed by atoms with Crippen molar-refractivity contribution < 1.29 is 4.79 Å². The summed E-state index contributed by atoms with van der Waals surface area (Å²) < 4.78 is 2.27. The molecule has 0 unspecified atom stereocenters. The van der Waals surface area contributed by atoms with Gasteiger partial charge in [0.05, 0.1) is 17.0 Å². The molecular formula is C19H19N3O2S2. The second-order valence-electron chi connectivity index (χ2n) is 6.39. The number of thioether (sulfide) groups is 1. The molecule has 0 atom stereocenters. The standard InChI is InChI=1S/C19H19N3O2S2/c1-13-5-4-6-14(11-13)22-18(24)17-15(7-10-25-17)20-19(22)26-12-16(23)21-8-2-3-9-21/h4-7,10-11H,2-3,8-9,12H2,1H3. The molecule has 7 heteroatoms. The number of aromatic nitrogens is 2. The van der Waals surface area contributed by atoms with Crippen molar-refractivity contribution in [3.63, 3.8) is 0 Å². The van der Waals surface area contributed by atoms with Crippen molar-refractivity contribution in [2.75, 3.05) is 18.8 Å². The van der Waals surface area contributed by atoms with Gasteiger partial charge in [0.1, 0.15) is 4.70 Å². The van der Waals surface area contributed by atoms with Crippen LogP contribution in [-0.4, -0.2) is 39.2 Å². The molecule has 0 saturated carbocycles. The van der Waals surface area contributed by atoms with Crippen LogP contribution >= 0.6 is 23.1 Å². The Hall–Kier alpha value is -2.12. The van der Waals surface area contributed by atoms with Crippen molar-refractivity contribution in [1.82, 2.24) is 14.5 Å². The Kier molecular flexibility index (Phi) is 4.82. The summed E-state index contributed by atoms with van der Waals surface area (Å²) >= 11 is 2.74. The summed E-state index contributed by atoms with van der Waals surface area (Å²) in [4.78, 5) is 32.0. The van der Waals surface area contributed by atoms with E-state index in [0.29, 0.717) is 21.1 Å². The molecule has 1 saturated heterocycles. The van der Waals surface area contributed by atoms with E-state index < -0.39 is 0 Å². The van der Waals surface area contributed by atoms with E-state index in [9.17, 15) is 9.59 Å². The van der Waals surface area contributed by atoms with Crippen LogP contribution in [0.2, 0.25) is 0 Å². The Balaban J connectivity index is 1.73. The first-order valence-electron chi connectivity index (χ1n) is 8.61. The van der Waals surface area contributed by atoms with Crippen LogP contribution in [0.1, 0.15) is 18.4 Å². The molecule has 5 nitrogen and oxygen atoms in total. The molecule has 1 aliphatic heterocycles. The van der Waals surface area contributed by atoms with Gasteiger partial charge in [-0.3, -0.25) is 14.2 Å². The van der Waals surface area contributed by atoms with Gasteiger partial charge in [-0.2, -0.15) is 0 Å². The highest BCUT2D eigenvalue weighted by Gasteiger charge is 2.20. The van der Waals surface area contributed by atoms with Crippen molar-refractivity contribution in [1.29, 1.82) is 0 Å². The predicted molar refractivity (Wildman–Crippen MR) is 106 cm³/mol. The number of carbonyl (C=O) groups is 1. The van der Waals surface area contributed by atoms with Crippen LogP contribution in [0.25, 0.3) is 15.9 Å². The van der Waals surface area contributed by atoms with Gasteiger partial charge in [0.15, 0.2) is 5.16 Å². The lowest BCUT2D eigenvalue weighted by atomic mass is 10.2. The molecule has 1 aromatic carbocycles. The fraction of sp³-hybridized carbons (Fsp3) is 0.316. The van der Waals surface area contributed by atoms with E-state index in [1.807, 2.05) is 47.5 Å². The molecule has 0 spiro atoms. The Morgan fingerprint density at radius 3 is 2.85 bits per heavy atom. The number of benzene rings is 1. The Bertz CT molecular complexity index is 1020. The van der Waals surface area contributed by atoms with Gasteiger partial charge < -0.3 is 4.90 Å². The van der Waals surface area contributed by atoms with E-state index in [1.54, 1.807) is 4.57 Å². The molecule has 2 aromatic heterocycles. The quantitative estimate of drug-likeness (QED) is 0.510. The number of amides is 1. The second-order valence-corrected chi connectivity index (χ2v) is 8.24. The Morgan fingerprint density at radius 2 is 2.08 bits per heavy atom. The minimum absolute atomic E-state index is 0.0771. The van der Waals surface area contributed by atoms with Gasteiger partial charge in [-0.1, -0.05) is 23.9 Å². The van der Waals surface area contributed by atoms with Crippen LogP contribution in [-0.2, 0) is 4.79 Å². The topological polar surface area (TPSA) is 55.2 Å². The summed E-state index contributed by atoms with van der Waals surface area (Å²) in [7, 11) is 0. The molecule has 0 N–H and O–H groups in total. The van der Waals surface area contributed by atoms with Gasteiger partial charge in [0.2, 0.25) is 5.91 Å². The number of nitrogens with zero attached hydrogens (tertiary/aromatic N) is 3. The zero-order valence-electron chi connectivity index (χ0n) is 14.5. The predicted octanol–water partition coefficient (Wildman–Crippen LogP) is 3.47.